The van der Waals surface area contributed by atoms with Crippen LogP contribution in [-0.2, 0) is 9.59 Å². The molecule has 0 saturated heterocycles. The van der Waals surface area contributed by atoms with Gasteiger partial charge in [0.2, 0.25) is 11.8 Å². The molecule has 0 saturated carbocycles. The highest BCUT2D eigenvalue weighted by Gasteiger charge is 2.07. The molecule has 0 unspecified atom stereocenters. The van der Waals surface area contributed by atoms with Crippen molar-refractivity contribution < 1.29 is 9.59 Å². The first-order valence-corrected chi connectivity index (χ1v) is 8.47. The van der Waals surface area contributed by atoms with Gasteiger partial charge in [0, 0.05) is 30.1 Å². The monoisotopic (exact) mass is 339 g/mol. The van der Waals surface area contributed by atoms with Crippen LogP contribution in [0.3, 0.4) is 0 Å². The summed E-state index contributed by atoms with van der Waals surface area (Å²) in [6.45, 7) is 7.92. The second kappa shape index (κ2) is 11.0. The Labute approximate surface area is 143 Å². The van der Waals surface area contributed by atoms with Crippen LogP contribution < -0.4 is 10.6 Å². The van der Waals surface area contributed by atoms with Crippen LogP contribution in [-0.4, -0.2) is 42.9 Å². The number of rotatable bonds is 10. The number of nitrogens with one attached hydrogen (secondary N) is 2. The zero-order chi connectivity index (χ0) is 17.1. The van der Waals surface area contributed by atoms with Crippen molar-refractivity contribution in [3.63, 3.8) is 0 Å². The minimum atomic E-state index is -0.175. The van der Waals surface area contributed by atoms with E-state index in [1.165, 1.54) is 0 Å². The second-order valence-corrected chi connectivity index (χ2v) is 5.72. The summed E-state index contributed by atoms with van der Waals surface area (Å²) in [7, 11) is 0. The number of carbonyl (C=O) groups is 2. The third kappa shape index (κ3) is 8.57. The van der Waals surface area contributed by atoms with Crippen molar-refractivity contribution in [2.24, 2.45) is 0 Å². The van der Waals surface area contributed by atoms with Gasteiger partial charge in [-0.25, -0.2) is 0 Å². The van der Waals surface area contributed by atoms with Crippen LogP contribution in [0.4, 0.5) is 5.69 Å². The quantitative estimate of drug-likeness (QED) is 0.644. The van der Waals surface area contributed by atoms with Gasteiger partial charge in [-0.1, -0.05) is 25.4 Å². The Balaban J connectivity index is 2.15. The van der Waals surface area contributed by atoms with E-state index in [0.717, 1.165) is 26.1 Å². The highest BCUT2D eigenvalue weighted by Crippen LogP contribution is 2.13. The molecule has 0 bridgehead atoms. The summed E-state index contributed by atoms with van der Waals surface area (Å²) in [5.74, 6) is -0.263. The summed E-state index contributed by atoms with van der Waals surface area (Å²) < 4.78 is 0. The number of nitrogens with zero attached hydrogens (tertiary/aromatic N) is 1. The van der Waals surface area contributed by atoms with Gasteiger partial charge in [-0.3, -0.25) is 9.59 Å². The maximum Gasteiger partial charge on any atom is 0.224 e. The lowest BCUT2D eigenvalue weighted by Gasteiger charge is -2.17. The van der Waals surface area contributed by atoms with Crippen LogP contribution in [0, 0.1) is 0 Å². The highest BCUT2D eigenvalue weighted by molar-refractivity contribution is 6.30. The number of halogens is 1. The Hall–Kier alpha value is -1.59. The maximum atomic E-state index is 11.8. The van der Waals surface area contributed by atoms with Crippen molar-refractivity contribution in [1.82, 2.24) is 10.2 Å². The minimum Gasteiger partial charge on any atom is -0.356 e. The molecule has 0 spiro atoms. The molecular weight excluding hydrogens is 314 g/mol. The number of hydrogen-bond acceptors (Lipinski definition) is 3. The molecular formula is C17H26ClN3O2. The second-order valence-electron chi connectivity index (χ2n) is 5.29. The number of amides is 2. The molecule has 128 valence electrons. The molecule has 0 aliphatic carbocycles. The lowest BCUT2D eigenvalue weighted by atomic mass is 10.2. The van der Waals surface area contributed by atoms with E-state index in [-0.39, 0.29) is 24.7 Å². The first kappa shape index (κ1) is 19.5. The van der Waals surface area contributed by atoms with Crippen LogP contribution in [0.5, 0.6) is 0 Å². The topological polar surface area (TPSA) is 61.4 Å². The van der Waals surface area contributed by atoms with Crippen molar-refractivity contribution >= 4 is 29.1 Å². The van der Waals surface area contributed by atoms with E-state index >= 15 is 0 Å². The van der Waals surface area contributed by atoms with E-state index in [1.807, 2.05) is 0 Å². The van der Waals surface area contributed by atoms with Gasteiger partial charge >= 0.3 is 0 Å². The Kier molecular flexibility index (Phi) is 9.33. The van der Waals surface area contributed by atoms with Gasteiger partial charge in [-0.05, 0) is 50.3 Å². The van der Waals surface area contributed by atoms with E-state index in [2.05, 4.69) is 29.4 Å². The molecule has 5 nitrogen and oxygen atoms in total. The first-order valence-electron chi connectivity index (χ1n) is 8.09. The molecule has 1 aromatic carbocycles. The summed E-state index contributed by atoms with van der Waals surface area (Å²) in [5, 5.41) is 6.21. The standard InChI is InChI=1S/C17H26ClN3O2/c1-3-21(4-2)13-5-12-19-16(22)10-11-17(23)20-15-8-6-14(18)7-9-15/h6-9H,3-5,10-13H2,1-2H3,(H,19,22)(H,20,23). The summed E-state index contributed by atoms with van der Waals surface area (Å²) in [6.07, 6.45) is 1.29. The van der Waals surface area contributed by atoms with E-state index in [9.17, 15) is 9.59 Å². The average Bonchev–Trinajstić information content (AvgIpc) is 2.55. The van der Waals surface area contributed by atoms with Crippen molar-refractivity contribution in [1.29, 1.82) is 0 Å². The van der Waals surface area contributed by atoms with Gasteiger partial charge in [0.25, 0.3) is 0 Å². The fourth-order valence-corrected chi connectivity index (χ4v) is 2.27. The van der Waals surface area contributed by atoms with Crippen molar-refractivity contribution in [2.45, 2.75) is 33.1 Å². The molecule has 6 heteroatoms. The van der Waals surface area contributed by atoms with Gasteiger partial charge in [-0.15, -0.1) is 0 Å². The van der Waals surface area contributed by atoms with Gasteiger partial charge in [-0.2, -0.15) is 0 Å². The third-order valence-electron chi connectivity index (χ3n) is 3.57. The molecule has 1 aromatic rings. The fraction of sp³-hybridized carbons (Fsp3) is 0.529. The summed E-state index contributed by atoms with van der Waals surface area (Å²) in [6, 6.07) is 6.88. The van der Waals surface area contributed by atoms with Crippen molar-refractivity contribution in [2.75, 3.05) is 31.5 Å². The van der Waals surface area contributed by atoms with E-state index in [0.29, 0.717) is 17.3 Å². The number of hydrogen-bond donors (Lipinski definition) is 2. The molecule has 0 radical (unpaired) electrons. The number of anilines is 1. The largest absolute Gasteiger partial charge is 0.356 e. The van der Waals surface area contributed by atoms with Crippen LogP contribution in [0.2, 0.25) is 5.02 Å². The Morgan fingerprint density at radius 1 is 1.04 bits per heavy atom. The Morgan fingerprint density at radius 3 is 2.26 bits per heavy atom. The highest BCUT2D eigenvalue weighted by atomic mass is 35.5. The van der Waals surface area contributed by atoms with Gasteiger partial charge < -0.3 is 15.5 Å². The molecule has 0 fully saturated rings. The van der Waals surface area contributed by atoms with Crippen LogP contribution in [0.15, 0.2) is 24.3 Å². The van der Waals surface area contributed by atoms with Crippen molar-refractivity contribution in [3.8, 4) is 0 Å². The zero-order valence-electron chi connectivity index (χ0n) is 13.9. The van der Waals surface area contributed by atoms with E-state index < -0.39 is 0 Å². The molecule has 0 aliphatic rings. The normalized spacial score (nSPS) is 10.6. The average molecular weight is 340 g/mol. The smallest absolute Gasteiger partial charge is 0.224 e. The maximum absolute atomic E-state index is 11.8. The molecule has 0 aromatic heterocycles. The van der Waals surface area contributed by atoms with E-state index in [1.54, 1.807) is 24.3 Å². The van der Waals surface area contributed by atoms with Gasteiger partial charge in [0.15, 0.2) is 0 Å². The summed E-state index contributed by atoms with van der Waals surface area (Å²) in [4.78, 5) is 25.8. The molecule has 23 heavy (non-hydrogen) atoms. The summed E-state index contributed by atoms with van der Waals surface area (Å²) >= 11 is 5.78. The Bertz CT molecular complexity index is 487. The predicted octanol–water partition coefficient (Wildman–Crippen LogP) is 2.91. The van der Waals surface area contributed by atoms with Crippen LogP contribution in [0.1, 0.15) is 33.1 Å². The SMILES string of the molecule is CCN(CC)CCCNC(=O)CCC(=O)Nc1ccc(Cl)cc1. The molecule has 0 aliphatic heterocycles. The predicted molar refractivity (Wildman–Crippen MR) is 94.7 cm³/mol. The van der Waals surface area contributed by atoms with Gasteiger partial charge in [0.05, 0.1) is 0 Å². The molecule has 0 atom stereocenters. The summed E-state index contributed by atoms with van der Waals surface area (Å²) in [5.41, 5.74) is 0.680. The lowest BCUT2D eigenvalue weighted by molar-refractivity contribution is -0.124. The fourth-order valence-electron chi connectivity index (χ4n) is 2.14. The molecule has 2 amide bonds. The van der Waals surface area contributed by atoms with Crippen molar-refractivity contribution in [3.05, 3.63) is 29.3 Å². The molecule has 1 rings (SSSR count). The van der Waals surface area contributed by atoms with E-state index in [4.69, 9.17) is 11.6 Å². The minimum absolute atomic E-state index is 0.0872. The number of benzene rings is 1. The molecule has 0 heterocycles. The molecule has 2 N–H and O–H groups in total. The lowest BCUT2D eigenvalue weighted by Crippen LogP contribution is -2.30. The van der Waals surface area contributed by atoms with Gasteiger partial charge in [0.1, 0.15) is 0 Å². The third-order valence-corrected chi connectivity index (χ3v) is 3.83. The number of carbonyl (C=O) groups excluding carboxylic acids is 2. The Morgan fingerprint density at radius 2 is 1.65 bits per heavy atom. The van der Waals surface area contributed by atoms with Crippen LogP contribution in [0.25, 0.3) is 0 Å². The first-order chi connectivity index (χ1) is 11.0. The zero-order valence-corrected chi connectivity index (χ0v) is 14.7. The van der Waals surface area contributed by atoms with Crippen LogP contribution >= 0.6 is 11.6 Å².